The first-order valence-corrected chi connectivity index (χ1v) is 17.7. The van der Waals surface area contributed by atoms with Gasteiger partial charge in [0.2, 0.25) is 11.8 Å². The zero-order valence-corrected chi connectivity index (χ0v) is 27.9. The van der Waals surface area contributed by atoms with Crippen molar-refractivity contribution in [3.63, 3.8) is 0 Å². The summed E-state index contributed by atoms with van der Waals surface area (Å²) in [7, 11) is 0. The molecule has 2 fully saturated rings. The molecular formula is C40H56N2O2. The second-order valence-corrected chi connectivity index (χ2v) is 15.3. The summed E-state index contributed by atoms with van der Waals surface area (Å²) in [6.45, 7) is 9.24. The molecule has 3 aromatic carbocycles. The van der Waals surface area contributed by atoms with Crippen molar-refractivity contribution < 1.29 is 9.59 Å². The van der Waals surface area contributed by atoms with E-state index in [-0.39, 0.29) is 22.6 Å². The lowest BCUT2D eigenvalue weighted by Gasteiger charge is -2.27. The van der Waals surface area contributed by atoms with Gasteiger partial charge in [-0.2, -0.15) is 0 Å². The Kier molecular flexibility index (Phi) is 10.7. The van der Waals surface area contributed by atoms with Crippen LogP contribution >= 0.6 is 0 Å². The number of carbonyl (C=O) groups excluding carboxylic acids is 2. The van der Waals surface area contributed by atoms with Gasteiger partial charge >= 0.3 is 0 Å². The third-order valence-electron chi connectivity index (χ3n) is 10.7. The lowest BCUT2D eigenvalue weighted by Crippen LogP contribution is -2.36. The van der Waals surface area contributed by atoms with E-state index in [1.165, 1.54) is 71.2 Å². The topological polar surface area (TPSA) is 58.2 Å². The summed E-state index contributed by atoms with van der Waals surface area (Å²) in [4.78, 5) is 25.1. The molecule has 0 bridgehead atoms. The molecule has 2 aliphatic carbocycles. The van der Waals surface area contributed by atoms with Gasteiger partial charge in [-0.05, 0) is 107 Å². The second kappa shape index (κ2) is 14.5. The molecule has 0 aromatic heterocycles. The number of carbonyl (C=O) groups is 2. The smallest absolute Gasteiger partial charge is 0.220 e. The van der Waals surface area contributed by atoms with Crippen LogP contribution in [0.1, 0.15) is 142 Å². The van der Waals surface area contributed by atoms with Crippen LogP contribution in [0, 0.1) is 0 Å². The molecule has 4 nitrogen and oxygen atoms in total. The average Bonchev–Trinajstić information content (AvgIpc) is 3.00. The van der Waals surface area contributed by atoms with E-state index in [9.17, 15) is 9.59 Å². The minimum Gasteiger partial charge on any atom is -0.353 e. The van der Waals surface area contributed by atoms with Gasteiger partial charge in [-0.25, -0.2) is 0 Å². The molecule has 0 aliphatic heterocycles. The molecule has 44 heavy (non-hydrogen) atoms. The maximum absolute atomic E-state index is 12.6. The van der Waals surface area contributed by atoms with E-state index in [2.05, 4.69) is 86.9 Å². The van der Waals surface area contributed by atoms with Crippen LogP contribution in [0.25, 0.3) is 21.5 Å². The number of nitrogens with one attached hydrogen (secondary N) is 2. The van der Waals surface area contributed by atoms with E-state index in [4.69, 9.17) is 0 Å². The summed E-state index contributed by atoms with van der Waals surface area (Å²) in [5, 5.41) is 11.6. The Balaban J connectivity index is 1.20. The summed E-state index contributed by atoms with van der Waals surface area (Å²) in [5.41, 5.74) is 2.67. The maximum atomic E-state index is 12.6. The van der Waals surface area contributed by atoms with Gasteiger partial charge in [0.15, 0.2) is 0 Å². The molecule has 5 rings (SSSR count). The van der Waals surface area contributed by atoms with Crippen LogP contribution in [-0.4, -0.2) is 23.9 Å². The predicted molar refractivity (Wildman–Crippen MR) is 185 cm³/mol. The molecule has 0 atom stereocenters. The Labute approximate surface area is 266 Å². The summed E-state index contributed by atoms with van der Waals surface area (Å²) >= 11 is 0. The Hall–Kier alpha value is -2.88. The Bertz CT molecular complexity index is 1320. The number of benzene rings is 3. The summed E-state index contributed by atoms with van der Waals surface area (Å²) < 4.78 is 0. The molecule has 2 N–H and O–H groups in total. The van der Waals surface area contributed by atoms with E-state index in [1.807, 2.05) is 0 Å². The van der Waals surface area contributed by atoms with Crippen molar-refractivity contribution in [2.45, 2.75) is 153 Å². The lowest BCUT2D eigenvalue weighted by atomic mass is 9.78. The van der Waals surface area contributed by atoms with Crippen molar-refractivity contribution >= 4 is 33.4 Å². The fourth-order valence-electron chi connectivity index (χ4n) is 7.60. The van der Waals surface area contributed by atoms with Crippen LogP contribution in [-0.2, 0) is 20.4 Å². The highest BCUT2D eigenvalue weighted by Gasteiger charge is 2.24. The molecule has 0 saturated heterocycles. The lowest BCUT2D eigenvalue weighted by molar-refractivity contribution is -0.123. The zero-order chi connectivity index (χ0) is 31.2. The monoisotopic (exact) mass is 596 g/mol. The molecule has 3 aromatic rings. The van der Waals surface area contributed by atoms with Crippen LogP contribution in [0.15, 0.2) is 48.5 Å². The third kappa shape index (κ3) is 8.64. The van der Waals surface area contributed by atoms with Gasteiger partial charge in [-0.15, -0.1) is 0 Å². The Morgan fingerprint density at radius 2 is 0.955 bits per heavy atom. The van der Waals surface area contributed by atoms with Crippen LogP contribution in [0.4, 0.5) is 0 Å². The van der Waals surface area contributed by atoms with Gasteiger partial charge < -0.3 is 10.6 Å². The fourth-order valence-corrected chi connectivity index (χ4v) is 7.60. The van der Waals surface area contributed by atoms with Gasteiger partial charge in [0.25, 0.3) is 0 Å². The quantitative estimate of drug-likeness (QED) is 0.205. The molecule has 4 heteroatoms. The van der Waals surface area contributed by atoms with Crippen molar-refractivity contribution in [3.8, 4) is 0 Å². The molecule has 0 radical (unpaired) electrons. The van der Waals surface area contributed by atoms with Gasteiger partial charge in [0.1, 0.15) is 0 Å². The van der Waals surface area contributed by atoms with E-state index >= 15 is 0 Å². The van der Waals surface area contributed by atoms with Gasteiger partial charge in [0, 0.05) is 24.9 Å². The van der Waals surface area contributed by atoms with Gasteiger partial charge in [-0.3, -0.25) is 9.59 Å². The van der Waals surface area contributed by atoms with Crippen molar-refractivity contribution in [3.05, 3.63) is 59.7 Å². The molecule has 2 amide bonds. The molecule has 0 spiro atoms. The first-order valence-electron chi connectivity index (χ1n) is 17.7. The van der Waals surface area contributed by atoms with E-state index in [1.54, 1.807) is 0 Å². The van der Waals surface area contributed by atoms with E-state index in [0.29, 0.717) is 24.9 Å². The number of fused-ring (bicyclic) bond motifs is 2. The van der Waals surface area contributed by atoms with Gasteiger partial charge in [-0.1, -0.05) is 103 Å². The number of hydrogen-bond acceptors (Lipinski definition) is 2. The normalized spacial score (nSPS) is 17.2. The first-order chi connectivity index (χ1) is 21.1. The fraction of sp³-hybridized carbons (Fsp3) is 0.600. The standard InChI is InChI=1S/C40H56N2O2/c1-39(2,23-11-17-37(43)41-35-13-7-5-8-14-35)33-21-19-29-25-30-20-22-34(28-32(30)26-31(29)27-33)40(3,4)24-12-18-38(44)42-36-15-9-6-10-16-36/h19-22,25-28,35-36H,5-18,23-24H2,1-4H3,(H,41,43)(H,42,44). The van der Waals surface area contributed by atoms with Crippen molar-refractivity contribution in [2.75, 3.05) is 0 Å². The zero-order valence-electron chi connectivity index (χ0n) is 27.9. The highest BCUT2D eigenvalue weighted by atomic mass is 16.2. The highest BCUT2D eigenvalue weighted by molar-refractivity contribution is 5.98. The SMILES string of the molecule is CC(C)(CCCC(=O)NC1CCCCC1)c1ccc2cc3ccc(C(C)(C)CCCC(=O)NC4CCCCC4)cc3cc2c1. The van der Waals surface area contributed by atoms with Crippen LogP contribution in [0.3, 0.4) is 0 Å². The highest BCUT2D eigenvalue weighted by Crippen LogP contribution is 2.35. The van der Waals surface area contributed by atoms with Crippen LogP contribution in [0.5, 0.6) is 0 Å². The first kappa shape index (κ1) is 32.5. The Morgan fingerprint density at radius 1 is 0.568 bits per heavy atom. The third-order valence-corrected chi connectivity index (χ3v) is 10.7. The molecule has 0 unspecified atom stereocenters. The summed E-state index contributed by atoms with van der Waals surface area (Å²) in [6.07, 6.45) is 17.2. The van der Waals surface area contributed by atoms with E-state index in [0.717, 1.165) is 51.4 Å². The number of rotatable bonds is 12. The summed E-state index contributed by atoms with van der Waals surface area (Å²) in [5.74, 6) is 0.443. The largest absolute Gasteiger partial charge is 0.353 e. The van der Waals surface area contributed by atoms with Crippen LogP contribution in [0.2, 0.25) is 0 Å². The minimum absolute atomic E-state index is 0.00137. The summed E-state index contributed by atoms with van der Waals surface area (Å²) in [6, 6.07) is 19.2. The maximum Gasteiger partial charge on any atom is 0.220 e. The minimum atomic E-state index is 0.00137. The molecule has 2 saturated carbocycles. The Morgan fingerprint density at radius 3 is 1.36 bits per heavy atom. The predicted octanol–water partition coefficient (Wildman–Crippen LogP) is 9.79. The molecular weight excluding hydrogens is 540 g/mol. The number of amides is 2. The molecule has 2 aliphatic rings. The van der Waals surface area contributed by atoms with Gasteiger partial charge in [0.05, 0.1) is 0 Å². The van der Waals surface area contributed by atoms with Crippen LogP contribution < -0.4 is 10.6 Å². The van der Waals surface area contributed by atoms with Crippen molar-refractivity contribution in [1.82, 2.24) is 10.6 Å². The second-order valence-electron chi connectivity index (χ2n) is 15.3. The van der Waals surface area contributed by atoms with Crippen molar-refractivity contribution in [1.29, 1.82) is 0 Å². The molecule has 0 heterocycles. The number of hydrogen-bond donors (Lipinski definition) is 2. The average molecular weight is 597 g/mol. The van der Waals surface area contributed by atoms with Crippen molar-refractivity contribution in [2.24, 2.45) is 0 Å². The molecule has 238 valence electrons. The van der Waals surface area contributed by atoms with E-state index < -0.39 is 0 Å².